The molecule has 0 aliphatic carbocycles. The molecule has 0 atom stereocenters. The second kappa shape index (κ2) is 4.01. The molecule has 3 N–H and O–H groups in total. The summed E-state index contributed by atoms with van der Waals surface area (Å²) in [6.07, 6.45) is 0. The van der Waals surface area contributed by atoms with Crippen LogP contribution in [0.2, 0.25) is 0 Å². The minimum atomic E-state index is -2.17. The van der Waals surface area contributed by atoms with Gasteiger partial charge < -0.3 is 15.1 Å². The van der Waals surface area contributed by atoms with Gasteiger partial charge >= 0.3 is 7.32 Å². The van der Waals surface area contributed by atoms with Crippen LogP contribution in [0.4, 0.5) is 0 Å². The Kier molecular flexibility index (Phi) is 7.13. The van der Waals surface area contributed by atoms with Gasteiger partial charge in [0.15, 0.2) is 0 Å². The molecule has 5 heteroatoms. The zero-order valence-corrected chi connectivity index (χ0v) is 2.50. The van der Waals surface area contributed by atoms with E-state index in [4.69, 9.17) is 15.1 Å². The van der Waals surface area contributed by atoms with Crippen molar-refractivity contribution in [2.75, 3.05) is 0 Å². The highest BCUT2D eigenvalue weighted by Crippen LogP contribution is 1.40. The largest absolute Gasteiger partial charge is 0.631 e. The van der Waals surface area contributed by atoms with Crippen molar-refractivity contribution in [1.82, 2.24) is 0 Å². The minimum Gasteiger partial charge on any atom is -0.402 e. The first-order valence-corrected chi connectivity index (χ1v) is 0.775. The molecule has 3 nitrogen and oxygen atoms in total. The fraction of sp³-hybridized carbons (Fsp3) is 0. The van der Waals surface area contributed by atoms with Crippen molar-refractivity contribution in [2.24, 2.45) is 0 Å². The maximum Gasteiger partial charge on any atom is 0.631 e. The number of hydrogen-bond acceptors (Lipinski definition) is 3. The van der Waals surface area contributed by atoms with Crippen molar-refractivity contribution in [3.8, 4) is 0 Å². The van der Waals surface area contributed by atoms with E-state index in [1.807, 2.05) is 0 Å². The number of hydrogen-bond donors (Lipinski definition) is 3. The van der Waals surface area contributed by atoms with Crippen LogP contribution in [0.5, 0.6) is 0 Å². The van der Waals surface area contributed by atoms with Gasteiger partial charge in [0, 0.05) is 8.41 Å². The summed E-state index contributed by atoms with van der Waals surface area (Å²) in [6.45, 7) is 0. The molecule has 5 heavy (non-hydrogen) atoms. The lowest BCUT2D eigenvalue weighted by Crippen LogP contribution is -2.07. The standard InChI is InChI=1S/BH3O3.B/c2-1(3)4;/h2-4H;. The Hall–Kier alpha value is 0.00987. The van der Waals surface area contributed by atoms with Crippen molar-refractivity contribution in [3.05, 3.63) is 0 Å². The molecule has 0 rings (SSSR count). The van der Waals surface area contributed by atoms with E-state index in [2.05, 4.69) is 0 Å². The summed E-state index contributed by atoms with van der Waals surface area (Å²) in [5.74, 6) is 0. The highest BCUT2D eigenvalue weighted by atomic mass is 16.5. The monoisotopic (exact) mass is 73.0 g/mol. The minimum absolute atomic E-state index is 0. The van der Waals surface area contributed by atoms with Crippen LogP contribution in [0, 0.1) is 0 Å². The van der Waals surface area contributed by atoms with Crippen LogP contribution in [0.1, 0.15) is 0 Å². The van der Waals surface area contributed by atoms with Crippen molar-refractivity contribution in [1.29, 1.82) is 0 Å². The van der Waals surface area contributed by atoms with Crippen LogP contribution < -0.4 is 0 Å². The van der Waals surface area contributed by atoms with Crippen molar-refractivity contribution >= 4 is 15.7 Å². The zero-order chi connectivity index (χ0) is 3.58. The Balaban J connectivity index is 0. The summed E-state index contributed by atoms with van der Waals surface area (Å²) < 4.78 is 0. The second-order valence-electron chi connectivity index (χ2n) is 0.346. The van der Waals surface area contributed by atoms with E-state index in [0.717, 1.165) is 0 Å². The molecule has 0 fully saturated rings. The van der Waals surface area contributed by atoms with Crippen LogP contribution in [-0.2, 0) is 0 Å². The molecule has 0 saturated carbocycles. The molecule has 0 unspecified atom stereocenters. The molecule has 0 aromatic rings. The first kappa shape index (κ1) is 8.89. The summed E-state index contributed by atoms with van der Waals surface area (Å²) in [5.41, 5.74) is 0. The van der Waals surface area contributed by atoms with Crippen molar-refractivity contribution in [2.45, 2.75) is 0 Å². The molecule has 0 spiro atoms. The van der Waals surface area contributed by atoms with Gasteiger partial charge in [0.1, 0.15) is 0 Å². The Morgan fingerprint density at radius 1 is 1.00 bits per heavy atom. The first-order valence-electron chi connectivity index (χ1n) is 0.775. The summed E-state index contributed by atoms with van der Waals surface area (Å²) >= 11 is 0. The Bertz CT molecular complexity index is 9.61. The summed E-state index contributed by atoms with van der Waals surface area (Å²) in [5, 5.41) is 21.5. The van der Waals surface area contributed by atoms with Crippen molar-refractivity contribution < 1.29 is 15.1 Å². The average Bonchev–Trinajstić information content (AvgIpc) is 0.811. The molecule has 0 aromatic heterocycles. The van der Waals surface area contributed by atoms with Crippen molar-refractivity contribution in [3.63, 3.8) is 0 Å². The average molecular weight is 72.6 g/mol. The first-order chi connectivity index (χ1) is 1.73. The zero-order valence-electron chi connectivity index (χ0n) is 2.50. The van der Waals surface area contributed by atoms with Crippen LogP contribution in [0.15, 0.2) is 0 Å². The Morgan fingerprint density at radius 3 is 1.00 bits per heavy atom. The van der Waals surface area contributed by atoms with Crippen LogP contribution in [-0.4, -0.2) is 30.8 Å². The SMILES string of the molecule is OB(O)O.[B]. The predicted octanol–water partition coefficient (Wildman–Crippen LogP) is -2.43. The van der Waals surface area contributed by atoms with Gasteiger partial charge in [0.25, 0.3) is 0 Å². The van der Waals surface area contributed by atoms with E-state index in [1.54, 1.807) is 0 Å². The maximum absolute atomic E-state index is 7.17. The summed E-state index contributed by atoms with van der Waals surface area (Å²) in [4.78, 5) is 0. The van der Waals surface area contributed by atoms with Gasteiger partial charge in [-0.15, -0.1) is 0 Å². The lowest BCUT2D eigenvalue weighted by atomic mass is 10.3. The lowest BCUT2D eigenvalue weighted by molar-refractivity contribution is 0.278. The van der Waals surface area contributed by atoms with Gasteiger partial charge in [-0.3, -0.25) is 0 Å². The van der Waals surface area contributed by atoms with E-state index in [1.165, 1.54) is 0 Å². The summed E-state index contributed by atoms with van der Waals surface area (Å²) in [6, 6.07) is 0. The molecule has 0 aliphatic rings. The van der Waals surface area contributed by atoms with Gasteiger partial charge in [0.05, 0.1) is 0 Å². The van der Waals surface area contributed by atoms with Gasteiger partial charge in [-0.05, 0) is 0 Å². The molecular weight excluding hydrogens is 69.6 g/mol. The third kappa shape index (κ3) is 166000. The molecule has 0 aliphatic heterocycles. The molecule has 0 bridgehead atoms. The predicted molar refractivity (Wildman–Crippen MR) is 18.2 cm³/mol. The Morgan fingerprint density at radius 2 is 1.00 bits per heavy atom. The van der Waals surface area contributed by atoms with Gasteiger partial charge in [-0.25, -0.2) is 0 Å². The van der Waals surface area contributed by atoms with Gasteiger partial charge in [-0.2, -0.15) is 0 Å². The number of rotatable bonds is 0. The van der Waals surface area contributed by atoms with E-state index in [9.17, 15) is 0 Å². The normalized spacial score (nSPS) is 5.40. The highest BCUT2D eigenvalue weighted by Gasteiger charge is 1.92. The Labute approximate surface area is 32.0 Å². The summed E-state index contributed by atoms with van der Waals surface area (Å²) in [7, 11) is -2.17. The third-order valence-corrected chi connectivity index (χ3v) is 0. The molecule has 0 amide bonds. The van der Waals surface area contributed by atoms with Crippen LogP contribution in [0.25, 0.3) is 0 Å². The van der Waals surface area contributed by atoms with Crippen LogP contribution >= 0.6 is 0 Å². The van der Waals surface area contributed by atoms with Gasteiger partial charge in [0.2, 0.25) is 0 Å². The fourth-order valence-corrected chi connectivity index (χ4v) is 0. The second-order valence-corrected chi connectivity index (χ2v) is 0.346. The van der Waals surface area contributed by atoms with E-state index < -0.39 is 7.32 Å². The molecule has 27 valence electrons. The lowest BCUT2D eigenvalue weighted by Gasteiger charge is -1.69. The maximum atomic E-state index is 7.17. The molecule has 0 heterocycles. The van der Waals surface area contributed by atoms with E-state index in [0.29, 0.717) is 0 Å². The fourth-order valence-electron chi connectivity index (χ4n) is 0. The molecule has 0 saturated heterocycles. The molecule has 3 radical (unpaired) electrons. The van der Waals surface area contributed by atoms with Crippen LogP contribution in [0.3, 0.4) is 0 Å². The van der Waals surface area contributed by atoms with Gasteiger partial charge in [-0.1, -0.05) is 0 Å². The third-order valence-electron chi connectivity index (χ3n) is 0. The van der Waals surface area contributed by atoms with E-state index in [-0.39, 0.29) is 8.41 Å². The quantitative estimate of drug-likeness (QED) is 0.279. The van der Waals surface area contributed by atoms with E-state index >= 15 is 0 Å². The topological polar surface area (TPSA) is 60.7 Å². The smallest absolute Gasteiger partial charge is 0.402 e. The highest BCUT2D eigenvalue weighted by molar-refractivity contribution is 6.30. The molecule has 0 aromatic carbocycles. The molecular formula is H3B2O3.